The van der Waals surface area contributed by atoms with E-state index in [1.54, 1.807) is 6.07 Å². The summed E-state index contributed by atoms with van der Waals surface area (Å²) in [5.41, 5.74) is 5.62. The van der Waals surface area contributed by atoms with Gasteiger partial charge in [-0.3, -0.25) is 10.1 Å². The number of piperidine rings is 2. The number of rotatable bonds is 4. The van der Waals surface area contributed by atoms with E-state index in [1.165, 1.54) is 22.7 Å². The molecule has 0 spiro atoms. The number of primary amides is 1. The largest absolute Gasteiger partial charge is 0.465 e. The zero-order chi connectivity index (χ0) is 19.4. The predicted molar refractivity (Wildman–Crippen MR) is 104 cm³/mol. The first-order valence-corrected chi connectivity index (χ1v) is 9.99. The van der Waals surface area contributed by atoms with Gasteiger partial charge in [-0.05, 0) is 38.2 Å². The monoisotopic (exact) mass is 395 g/mol. The van der Waals surface area contributed by atoms with Crippen molar-refractivity contribution in [1.29, 1.82) is 0 Å². The maximum Gasteiger partial charge on any atom is 0.407 e. The van der Waals surface area contributed by atoms with Gasteiger partial charge in [-0.25, -0.2) is 9.59 Å². The predicted octanol–water partition coefficient (Wildman–Crippen LogP) is 2.10. The SMILES string of the molecule is NC(=O)Nc1sc(N2CCCCC2)cc1C(=O)N[C@H]1CCCN(C(=O)O)C1. The number of nitrogens with zero attached hydrogens (tertiary/aromatic N) is 2. The average molecular weight is 395 g/mol. The Labute approximate surface area is 161 Å². The number of urea groups is 1. The van der Waals surface area contributed by atoms with E-state index in [9.17, 15) is 14.4 Å². The fraction of sp³-hybridized carbons (Fsp3) is 0.588. The highest BCUT2D eigenvalue weighted by Crippen LogP contribution is 2.36. The topological polar surface area (TPSA) is 128 Å². The van der Waals surface area contributed by atoms with Gasteiger partial charge >= 0.3 is 12.1 Å². The number of anilines is 2. The summed E-state index contributed by atoms with van der Waals surface area (Å²) in [5.74, 6) is -0.324. The first-order valence-electron chi connectivity index (χ1n) is 9.18. The van der Waals surface area contributed by atoms with Crippen LogP contribution < -0.4 is 21.3 Å². The molecular formula is C17H25N5O4S. The van der Waals surface area contributed by atoms with E-state index in [-0.39, 0.29) is 18.5 Å². The van der Waals surface area contributed by atoms with Crippen molar-refractivity contribution in [2.45, 2.75) is 38.1 Å². The highest BCUT2D eigenvalue weighted by molar-refractivity contribution is 7.20. The molecule has 2 aliphatic heterocycles. The van der Waals surface area contributed by atoms with Crippen LogP contribution >= 0.6 is 11.3 Å². The molecule has 1 aromatic heterocycles. The fourth-order valence-corrected chi connectivity index (χ4v) is 4.66. The third-order valence-corrected chi connectivity index (χ3v) is 6.01. The number of carbonyl (C=O) groups excluding carboxylic acids is 2. The molecular weight excluding hydrogens is 370 g/mol. The number of hydrogen-bond acceptors (Lipinski definition) is 5. The molecule has 2 saturated heterocycles. The zero-order valence-corrected chi connectivity index (χ0v) is 15.9. The Morgan fingerprint density at radius 2 is 1.89 bits per heavy atom. The molecule has 9 nitrogen and oxygen atoms in total. The molecule has 5 N–H and O–H groups in total. The minimum absolute atomic E-state index is 0.248. The van der Waals surface area contributed by atoms with E-state index in [2.05, 4.69) is 15.5 Å². The Morgan fingerprint density at radius 3 is 2.56 bits per heavy atom. The minimum Gasteiger partial charge on any atom is -0.465 e. The number of carbonyl (C=O) groups is 3. The number of carboxylic acid groups (broad SMARTS) is 1. The Morgan fingerprint density at radius 1 is 1.15 bits per heavy atom. The second-order valence-corrected chi connectivity index (χ2v) is 7.94. The van der Waals surface area contributed by atoms with Crippen LogP contribution in [0, 0.1) is 0 Å². The summed E-state index contributed by atoms with van der Waals surface area (Å²) < 4.78 is 0. The van der Waals surface area contributed by atoms with Gasteiger partial charge in [-0.1, -0.05) is 11.3 Å². The number of hydrogen-bond donors (Lipinski definition) is 4. The standard InChI is InChI=1S/C17H25N5O4S/c18-16(24)20-15-12(9-13(27-15)21-6-2-1-3-7-21)14(23)19-11-5-4-8-22(10-11)17(25)26/h9,11H,1-8,10H2,(H,19,23)(H,25,26)(H3,18,20,24)/t11-/m0/s1. The third-order valence-electron chi connectivity index (χ3n) is 4.90. The summed E-state index contributed by atoms with van der Waals surface area (Å²) in [7, 11) is 0. The van der Waals surface area contributed by atoms with Gasteiger partial charge in [0.1, 0.15) is 5.00 Å². The van der Waals surface area contributed by atoms with Gasteiger partial charge in [0.15, 0.2) is 0 Å². The summed E-state index contributed by atoms with van der Waals surface area (Å²) in [6.07, 6.45) is 3.84. The van der Waals surface area contributed by atoms with Crippen molar-refractivity contribution in [3.8, 4) is 0 Å². The number of thiophene rings is 1. The van der Waals surface area contributed by atoms with E-state index in [0.29, 0.717) is 23.5 Å². The molecule has 148 valence electrons. The normalized spacial score (nSPS) is 20.2. The van der Waals surface area contributed by atoms with Crippen LogP contribution in [0.25, 0.3) is 0 Å². The van der Waals surface area contributed by atoms with Crippen LogP contribution in [0.1, 0.15) is 42.5 Å². The lowest BCUT2D eigenvalue weighted by Gasteiger charge is -2.31. The van der Waals surface area contributed by atoms with E-state index in [1.807, 2.05) is 0 Å². The number of nitrogens with one attached hydrogen (secondary N) is 2. The Hall–Kier alpha value is -2.49. The van der Waals surface area contributed by atoms with Crippen molar-refractivity contribution in [3.63, 3.8) is 0 Å². The van der Waals surface area contributed by atoms with Crippen LogP contribution in [-0.2, 0) is 0 Å². The van der Waals surface area contributed by atoms with Gasteiger partial charge < -0.3 is 26.0 Å². The van der Waals surface area contributed by atoms with Crippen LogP contribution in [0.4, 0.5) is 19.6 Å². The number of likely N-dealkylation sites (tertiary alicyclic amines) is 1. The first-order chi connectivity index (χ1) is 12.9. The smallest absolute Gasteiger partial charge is 0.407 e. The average Bonchev–Trinajstić information content (AvgIpc) is 3.06. The highest BCUT2D eigenvalue weighted by Gasteiger charge is 2.27. The molecule has 0 aliphatic carbocycles. The Kier molecular flexibility index (Phi) is 6.04. The van der Waals surface area contributed by atoms with Gasteiger partial charge in [-0.2, -0.15) is 0 Å². The molecule has 0 radical (unpaired) electrons. The molecule has 3 heterocycles. The molecule has 2 aliphatic rings. The van der Waals surface area contributed by atoms with Crippen LogP contribution in [0.3, 0.4) is 0 Å². The molecule has 2 fully saturated rings. The van der Waals surface area contributed by atoms with E-state index in [4.69, 9.17) is 10.8 Å². The van der Waals surface area contributed by atoms with Crippen molar-refractivity contribution in [2.24, 2.45) is 5.73 Å². The molecule has 1 aromatic rings. The molecule has 4 amide bonds. The number of amides is 4. The van der Waals surface area contributed by atoms with Crippen molar-refractivity contribution in [1.82, 2.24) is 10.2 Å². The van der Waals surface area contributed by atoms with Crippen LogP contribution in [0.2, 0.25) is 0 Å². The summed E-state index contributed by atoms with van der Waals surface area (Å²) in [6, 6.07) is 0.821. The molecule has 3 rings (SSSR count). The summed E-state index contributed by atoms with van der Waals surface area (Å²) in [6.45, 7) is 2.60. The van der Waals surface area contributed by atoms with Gasteiger partial charge in [0.05, 0.1) is 10.6 Å². The van der Waals surface area contributed by atoms with Crippen LogP contribution in [-0.4, -0.2) is 60.3 Å². The highest BCUT2D eigenvalue weighted by atomic mass is 32.1. The van der Waals surface area contributed by atoms with Gasteiger partial charge in [0.25, 0.3) is 5.91 Å². The van der Waals surface area contributed by atoms with Gasteiger partial charge in [0.2, 0.25) is 0 Å². The van der Waals surface area contributed by atoms with Crippen molar-refractivity contribution < 1.29 is 19.5 Å². The van der Waals surface area contributed by atoms with Crippen molar-refractivity contribution in [3.05, 3.63) is 11.6 Å². The van der Waals surface area contributed by atoms with Crippen LogP contribution in [0.5, 0.6) is 0 Å². The zero-order valence-electron chi connectivity index (χ0n) is 15.1. The molecule has 0 saturated carbocycles. The Bertz CT molecular complexity index is 716. The van der Waals surface area contributed by atoms with Crippen LogP contribution in [0.15, 0.2) is 6.07 Å². The Balaban J connectivity index is 1.74. The lowest BCUT2D eigenvalue weighted by molar-refractivity contribution is 0.0889. The molecule has 10 heteroatoms. The quantitative estimate of drug-likeness (QED) is 0.621. The van der Waals surface area contributed by atoms with E-state index < -0.39 is 12.1 Å². The summed E-state index contributed by atoms with van der Waals surface area (Å²) >= 11 is 1.34. The second-order valence-electron chi connectivity index (χ2n) is 6.91. The molecule has 27 heavy (non-hydrogen) atoms. The number of nitrogens with two attached hydrogens (primary N) is 1. The lowest BCUT2D eigenvalue weighted by atomic mass is 10.1. The van der Waals surface area contributed by atoms with Gasteiger partial charge in [0, 0.05) is 32.2 Å². The van der Waals surface area contributed by atoms with Gasteiger partial charge in [-0.15, -0.1) is 0 Å². The fourth-order valence-electron chi connectivity index (χ4n) is 3.55. The summed E-state index contributed by atoms with van der Waals surface area (Å²) in [4.78, 5) is 38.8. The maximum atomic E-state index is 12.8. The van der Waals surface area contributed by atoms with Crippen molar-refractivity contribution >= 4 is 39.4 Å². The molecule has 0 bridgehead atoms. The minimum atomic E-state index is -0.979. The lowest BCUT2D eigenvalue weighted by Crippen LogP contribution is -2.49. The molecule has 1 atom stereocenters. The van der Waals surface area contributed by atoms with E-state index in [0.717, 1.165) is 37.4 Å². The molecule has 0 aromatic carbocycles. The maximum absolute atomic E-state index is 12.8. The van der Waals surface area contributed by atoms with E-state index >= 15 is 0 Å². The summed E-state index contributed by atoms with van der Waals surface area (Å²) in [5, 5.41) is 15.9. The first kappa shape index (κ1) is 19.3. The van der Waals surface area contributed by atoms with Crippen molar-refractivity contribution in [2.75, 3.05) is 36.4 Å². The second kappa shape index (κ2) is 8.47. The third kappa shape index (κ3) is 4.82. The molecule has 0 unspecified atom stereocenters.